The number of rotatable bonds is 23. The first-order valence-electron chi connectivity index (χ1n) is 15.3. The van der Waals surface area contributed by atoms with E-state index in [1.807, 2.05) is 26.8 Å². The van der Waals surface area contributed by atoms with E-state index in [0.29, 0.717) is 66.0 Å². The van der Waals surface area contributed by atoms with Gasteiger partial charge in [-0.3, -0.25) is 9.59 Å². The van der Waals surface area contributed by atoms with Crippen LogP contribution in [0.1, 0.15) is 50.3 Å². The molecule has 0 fully saturated rings. The average Bonchev–Trinajstić information content (AvgIpc) is 2.96. The van der Waals surface area contributed by atoms with Gasteiger partial charge in [0.25, 0.3) is 0 Å². The predicted molar refractivity (Wildman–Crippen MR) is 176 cm³/mol. The van der Waals surface area contributed by atoms with Gasteiger partial charge in [-0.25, -0.2) is 4.79 Å². The molecule has 3 amide bonds. The SMILES string of the molecule is Cc1cc(C)c(NC(=O)CC[C@H](NC(=O)OC(C)(C)C)C(=O)NCCOCCOCCOCCOCCOCCN)c(C)c1Br. The van der Waals surface area contributed by atoms with E-state index >= 15 is 0 Å². The lowest BCUT2D eigenvalue weighted by Crippen LogP contribution is -2.49. The van der Waals surface area contributed by atoms with Crippen LogP contribution in [0.4, 0.5) is 10.5 Å². The summed E-state index contributed by atoms with van der Waals surface area (Å²) in [7, 11) is 0. The van der Waals surface area contributed by atoms with Crippen LogP contribution in [0, 0.1) is 20.8 Å². The van der Waals surface area contributed by atoms with Crippen LogP contribution in [0.3, 0.4) is 0 Å². The molecular weight excluding hydrogens is 652 g/mol. The van der Waals surface area contributed by atoms with Gasteiger partial charge in [-0.2, -0.15) is 0 Å². The van der Waals surface area contributed by atoms with Crippen LogP contribution in [-0.2, 0) is 38.0 Å². The molecule has 1 rings (SSSR count). The van der Waals surface area contributed by atoms with E-state index in [4.69, 9.17) is 34.2 Å². The normalized spacial score (nSPS) is 12.1. The van der Waals surface area contributed by atoms with Gasteiger partial charge < -0.3 is 50.1 Å². The molecule has 0 aliphatic heterocycles. The summed E-state index contributed by atoms with van der Waals surface area (Å²) in [6.07, 6.45) is -0.656. The van der Waals surface area contributed by atoms with Crippen molar-refractivity contribution in [3.63, 3.8) is 0 Å². The van der Waals surface area contributed by atoms with E-state index in [1.54, 1.807) is 20.8 Å². The van der Waals surface area contributed by atoms with Crippen LogP contribution >= 0.6 is 15.9 Å². The first kappa shape index (κ1) is 40.7. The molecular formula is C31H53BrN4O9. The zero-order valence-corrected chi connectivity index (χ0v) is 29.3. The molecule has 258 valence electrons. The zero-order valence-electron chi connectivity index (χ0n) is 27.7. The van der Waals surface area contributed by atoms with Gasteiger partial charge in [-0.1, -0.05) is 22.0 Å². The molecule has 0 spiro atoms. The predicted octanol–water partition coefficient (Wildman–Crippen LogP) is 3.14. The fourth-order valence-corrected chi connectivity index (χ4v) is 4.30. The Kier molecular flexibility index (Phi) is 20.9. The highest BCUT2D eigenvalue weighted by Crippen LogP contribution is 2.31. The van der Waals surface area contributed by atoms with E-state index in [9.17, 15) is 14.4 Å². The van der Waals surface area contributed by atoms with Crippen molar-refractivity contribution in [2.45, 2.75) is 66.0 Å². The van der Waals surface area contributed by atoms with E-state index in [1.165, 1.54) is 0 Å². The van der Waals surface area contributed by atoms with Gasteiger partial charge in [0.15, 0.2) is 0 Å². The van der Waals surface area contributed by atoms with Crippen molar-refractivity contribution in [3.05, 3.63) is 27.2 Å². The highest BCUT2D eigenvalue weighted by atomic mass is 79.9. The Morgan fingerprint density at radius 1 is 0.822 bits per heavy atom. The summed E-state index contributed by atoms with van der Waals surface area (Å²) in [4.78, 5) is 38.2. The average molecular weight is 706 g/mol. The van der Waals surface area contributed by atoms with Gasteiger partial charge in [0.2, 0.25) is 11.8 Å². The van der Waals surface area contributed by atoms with Crippen LogP contribution in [0.2, 0.25) is 0 Å². The molecule has 0 aromatic heterocycles. The number of carbonyl (C=O) groups is 3. The van der Waals surface area contributed by atoms with Gasteiger partial charge in [-0.15, -0.1) is 0 Å². The van der Waals surface area contributed by atoms with E-state index < -0.39 is 23.6 Å². The quantitative estimate of drug-likeness (QED) is 0.124. The zero-order chi connectivity index (χ0) is 33.7. The Labute approximate surface area is 276 Å². The Balaban J connectivity index is 2.37. The second-order valence-electron chi connectivity index (χ2n) is 11.3. The van der Waals surface area contributed by atoms with Crippen LogP contribution in [0.15, 0.2) is 10.5 Å². The maximum absolute atomic E-state index is 12.9. The van der Waals surface area contributed by atoms with Gasteiger partial charge in [0, 0.05) is 29.7 Å². The number of hydrogen-bond acceptors (Lipinski definition) is 10. The Bertz CT molecular complexity index is 1040. The lowest BCUT2D eigenvalue weighted by atomic mass is 10.0. The lowest BCUT2D eigenvalue weighted by molar-refractivity contribution is -0.124. The lowest BCUT2D eigenvalue weighted by Gasteiger charge is -2.23. The van der Waals surface area contributed by atoms with Crippen molar-refractivity contribution in [1.29, 1.82) is 0 Å². The molecule has 0 bridgehead atoms. The first-order valence-corrected chi connectivity index (χ1v) is 16.1. The van der Waals surface area contributed by atoms with Crippen molar-refractivity contribution in [2.24, 2.45) is 5.73 Å². The summed E-state index contributed by atoms with van der Waals surface area (Å²) in [6.45, 7) is 16.1. The van der Waals surface area contributed by atoms with Crippen molar-refractivity contribution in [2.75, 3.05) is 84.5 Å². The van der Waals surface area contributed by atoms with Crippen molar-refractivity contribution in [1.82, 2.24) is 10.6 Å². The standard InChI is InChI=1S/C31H53BrN4O9/c1-22-21-23(2)28(24(3)27(22)32)36-26(37)8-7-25(35-30(39)45-31(4,5)6)29(38)34-10-12-41-14-16-43-18-20-44-19-17-42-15-13-40-11-9-33/h21,25H,7-20,33H2,1-6H3,(H,34,38)(H,35,39)(H,36,37)/t25-/m0/s1. The fraction of sp³-hybridized carbons (Fsp3) is 0.710. The van der Waals surface area contributed by atoms with Crippen LogP contribution in [0.25, 0.3) is 0 Å². The number of anilines is 1. The molecule has 0 aliphatic carbocycles. The van der Waals surface area contributed by atoms with Crippen molar-refractivity contribution >= 4 is 39.5 Å². The number of amides is 3. The molecule has 0 unspecified atom stereocenters. The molecule has 1 aromatic rings. The Hall–Kier alpha value is -2.33. The van der Waals surface area contributed by atoms with Crippen LogP contribution < -0.4 is 21.7 Å². The number of alkyl carbamates (subject to hydrolysis) is 1. The summed E-state index contributed by atoms with van der Waals surface area (Å²) in [6, 6.07) is 1.01. The monoisotopic (exact) mass is 704 g/mol. The third-order valence-electron chi connectivity index (χ3n) is 6.11. The van der Waals surface area contributed by atoms with Crippen LogP contribution in [0.5, 0.6) is 0 Å². The molecule has 0 saturated carbocycles. The maximum atomic E-state index is 12.9. The molecule has 0 heterocycles. The highest BCUT2D eigenvalue weighted by molar-refractivity contribution is 9.10. The number of aryl methyl sites for hydroxylation is 2. The van der Waals surface area contributed by atoms with E-state index in [0.717, 1.165) is 26.9 Å². The third-order valence-corrected chi connectivity index (χ3v) is 7.33. The molecule has 13 nitrogen and oxygen atoms in total. The number of carbonyl (C=O) groups excluding carboxylic acids is 3. The van der Waals surface area contributed by atoms with Gasteiger partial charge in [-0.05, 0) is 64.7 Å². The minimum atomic E-state index is -0.976. The van der Waals surface area contributed by atoms with E-state index in [-0.39, 0.29) is 31.9 Å². The second kappa shape index (κ2) is 23.1. The Morgan fingerprint density at radius 3 is 1.84 bits per heavy atom. The molecule has 5 N–H and O–H groups in total. The van der Waals surface area contributed by atoms with Gasteiger partial charge >= 0.3 is 6.09 Å². The summed E-state index contributed by atoms with van der Waals surface area (Å²) in [5.74, 6) is -0.713. The topological polar surface area (TPSA) is 169 Å². The molecule has 1 atom stereocenters. The molecule has 45 heavy (non-hydrogen) atoms. The summed E-state index contributed by atoms with van der Waals surface area (Å²) in [5.41, 5.74) is 8.24. The smallest absolute Gasteiger partial charge is 0.408 e. The molecule has 14 heteroatoms. The number of nitrogens with two attached hydrogens (primary N) is 1. The molecule has 0 aliphatic rings. The molecule has 0 saturated heterocycles. The Morgan fingerprint density at radius 2 is 1.33 bits per heavy atom. The summed E-state index contributed by atoms with van der Waals surface area (Å²) >= 11 is 3.56. The minimum absolute atomic E-state index is 0.00698. The van der Waals surface area contributed by atoms with Crippen LogP contribution in [-0.4, -0.2) is 109 Å². The number of benzene rings is 1. The highest BCUT2D eigenvalue weighted by Gasteiger charge is 2.25. The maximum Gasteiger partial charge on any atom is 0.408 e. The second-order valence-corrected chi connectivity index (χ2v) is 12.0. The summed E-state index contributed by atoms with van der Waals surface area (Å²) in [5, 5.41) is 8.27. The third kappa shape index (κ3) is 19.1. The fourth-order valence-electron chi connectivity index (χ4n) is 3.98. The number of hydrogen-bond donors (Lipinski definition) is 4. The minimum Gasteiger partial charge on any atom is -0.444 e. The number of ether oxygens (including phenoxy) is 6. The van der Waals surface area contributed by atoms with E-state index in [2.05, 4.69) is 31.9 Å². The van der Waals surface area contributed by atoms with Crippen molar-refractivity contribution < 1.29 is 42.8 Å². The van der Waals surface area contributed by atoms with Crippen molar-refractivity contribution in [3.8, 4) is 0 Å². The number of halogens is 1. The summed E-state index contributed by atoms with van der Waals surface area (Å²) < 4.78 is 33.2. The largest absolute Gasteiger partial charge is 0.444 e. The molecule has 0 radical (unpaired) electrons. The first-order chi connectivity index (χ1) is 21.4. The molecule has 1 aromatic carbocycles. The number of nitrogens with one attached hydrogen (secondary N) is 3. The van der Waals surface area contributed by atoms with Gasteiger partial charge in [0.05, 0.1) is 66.1 Å². The van der Waals surface area contributed by atoms with Gasteiger partial charge in [0.1, 0.15) is 11.6 Å².